The van der Waals surface area contributed by atoms with Crippen molar-refractivity contribution in [1.82, 2.24) is 14.5 Å². The lowest BCUT2D eigenvalue weighted by Gasteiger charge is -2.17. The minimum absolute atomic E-state index is 0.224. The van der Waals surface area contributed by atoms with Crippen LogP contribution in [0.1, 0.15) is 43.5 Å². The van der Waals surface area contributed by atoms with Gasteiger partial charge in [0.15, 0.2) is 0 Å². The highest BCUT2D eigenvalue weighted by molar-refractivity contribution is 5.68. The number of nitrogens with zero attached hydrogens (tertiary/aromatic N) is 4. The summed E-state index contributed by atoms with van der Waals surface area (Å²) >= 11 is 0. The van der Waals surface area contributed by atoms with Crippen molar-refractivity contribution in [3.63, 3.8) is 0 Å². The third-order valence-electron chi connectivity index (χ3n) is 4.06. The predicted octanol–water partition coefficient (Wildman–Crippen LogP) is 3.90. The maximum Gasteiger partial charge on any atom is 0.0952 e. The number of allylic oxidation sites excluding steroid dienone is 4. The normalized spacial score (nSPS) is 15.6. The molecule has 0 saturated carbocycles. The van der Waals surface area contributed by atoms with Crippen molar-refractivity contribution in [3.05, 3.63) is 66.0 Å². The summed E-state index contributed by atoms with van der Waals surface area (Å²) < 4.78 is 2.09. The molecule has 2 heterocycles. The van der Waals surface area contributed by atoms with Crippen LogP contribution in [0.5, 0.6) is 0 Å². The van der Waals surface area contributed by atoms with Gasteiger partial charge in [0, 0.05) is 24.2 Å². The van der Waals surface area contributed by atoms with E-state index in [4.69, 9.17) is 5.26 Å². The Morgan fingerprint density at radius 3 is 2.77 bits per heavy atom. The van der Waals surface area contributed by atoms with Gasteiger partial charge in [-0.2, -0.15) is 5.26 Å². The van der Waals surface area contributed by atoms with E-state index in [0.717, 1.165) is 36.1 Å². The molecule has 0 bridgehead atoms. The monoisotopic (exact) mass is 290 g/mol. The molecule has 0 fully saturated rings. The smallest absolute Gasteiger partial charge is 0.0952 e. The molecule has 110 valence electrons. The zero-order chi connectivity index (χ0) is 15.4. The molecular weight excluding hydrogens is 272 g/mol. The first-order valence-corrected chi connectivity index (χ1v) is 7.55. The van der Waals surface area contributed by atoms with Crippen LogP contribution in [0.4, 0.5) is 0 Å². The zero-order valence-corrected chi connectivity index (χ0v) is 12.6. The SMILES string of the molecule is CCC(c1ccc(C2=CC=C(C#N)CC2)cn1)n1ccnc1. The summed E-state index contributed by atoms with van der Waals surface area (Å²) in [5, 5.41) is 8.90. The maximum atomic E-state index is 8.90. The average Bonchev–Trinajstić information content (AvgIpc) is 3.11. The van der Waals surface area contributed by atoms with E-state index in [2.05, 4.69) is 39.7 Å². The van der Waals surface area contributed by atoms with Crippen molar-refractivity contribution < 1.29 is 0 Å². The van der Waals surface area contributed by atoms with Gasteiger partial charge in [-0.15, -0.1) is 0 Å². The molecule has 22 heavy (non-hydrogen) atoms. The molecular formula is C18H18N4. The second-order valence-corrected chi connectivity index (χ2v) is 5.40. The molecule has 0 spiro atoms. The number of hydrogen-bond acceptors (Lipinski definition) is 3. The van der Waals surface area contributed by atoms with Crippen LogP contribution >= 0.6 is 0 Å². The first-order chi connectivity index (χ1) is 10.8. The van der Waals surface area contributed by atoms with Crippen LogP contribution in [0.2, 0.25) is 0 Å². The number of rotatable bonds is 4. The predicted molar refractivity (Wildman–Crippen MR) is 85.8 cm³/mol. The van der Waals surface area contributed by atoms with Gasteiger partial charge in [-0.05, 0) is 42.5 Å². The summed E-state index contributed by atoms with van der Waals surface area (Å²) in [6.07, 6.45) is 14.2. The summed E-state index contributed by atoms with van der Waals surface area (Å²) in [5.74, 6) is 0. The highest BCUT2D eigenvalue weighted by Gasteiger charge is 2.13. The third kappa shape index (κ3) is 2.84. The largest absolute Gasteiger partial charge is 0.328 e. The second-order valence-electron chi connectivity index (χ2n) is 5.40. The van der Waals surface area contributed by atoms with Crippen LogP contribution in [0.25, 0.3) is 5.57 Å². The Balaban J connectivity index is 1.83. The number of aromatic nitrogens is 3. The van der Waals surface area contributed by atoms with Gasteiger partial charge in [0.1, 0.15) is 0 Å². The standard InChI is InChI=1S/C18H18N4/c1-2-18(22-10-9-20-13-22)17-8-7-16(12-21-17)15-5-3-14(11-19)4-6-15/h3,5,7-10,12-13,18H,2,4,6H2,1H3. The highest BCUT2D eigenvalue weighted by atomic mass is 15.1. The van der Waals surface area contributed by atoms with Crippen LogP contribution in [0, 0.1) is 11.3 Å². The van der Waals surface area contributed by atoms with Gasteiger partial charge in [0.05, 0.1) is 24.1 Å². The van der Waals surface area contributed by atoms with Crippen molar-refractivity contribution in [3.8, 4) is 6.07 Å². The summed E-state index contributed by atoms with van der Waals surface area (Å²) in [5.41, 5.74) is 4.28. The molecule has 1 unspecified atom stereocenters. The summed E-state index contributed by atoms with van der Waals surface area (Å²) in [6, 6.07) is 6.65. The van der Waals surface area contributed by atoms with Gasteiger partial charge in [0.2, 0.25) is 0 Å². The van der Waals surface area contributed by atoms with E-state index in [-0.39, 0.29) is 6.04 Å². The summed E-state index contributed by atoms with van der Waals surface area (Å²) in [6.45, 7) is 2.15. The molecule has 0 radical (unpaired) electrons. The molecule has 2 aromatic rings. The molecule has 0 aromatic carbocycles. The Morgan fingerprint density at radius 2 is 2.23 bits per heavy atom. The Kier molecular flexibility index (Phi) is 4.15. The van der Waals surface area contributed by atoms with E-state index in [0.29, 0.717) is 0 Å². The van der Waals surface area contributed by atoms with Crippen LogP contribution in [0.3, 0.4) is 0 Å². The van der Waals surface area contributed by atoms with E-state index in [1.807, 2.05) is 30.9 Å². The van der Waals surface area contributed by atoms with Crippen LogP contribution in [-0.4, -0.2) is 14.5 Å². The molecule has 3 rings (SSSR count). The second kappa shape index (κ2) is 6.40. The Labute approximate surface area is 130 Å². The fraction of sp³-hybridized carbons (Fsp3) is 0.278. The van der Waals surface area contributed by atoms with Crippen molar-refractivity contribution in [2.24, 2.45) is 0 Å². The van der Waals surface area contributed by atoms with E-state index < -0.39 is 0 Å². The quantitative estimate of drug-likeness (QED) is 0.858. The Hall–Kier alpha value is -2.67. The maximum absolute atomic E-state index is 8.90. The fourth-order valence-corrected chi connectivity index (χ4v) is 2.79. The Bertz CT molecular complexity index is 730. The third-order valence-corrected chi connectivity index (χ3v) is 4.06. The summed E-state index contributed by atoms with van der Waals surface area (Å²) in [4.78, 5) is 8.76. The first-order valence-electron chi connectivity index (χ1n) is 7.55. The van der Waals surface area contributed by atoms with Gasteiger partial charge >= 0.3 is 0 Å². The van der Waals surface area contributed by atoms with E-state index in [1.165, 1.54) is 5.57 Å². The van der Waals surface area contributed by atoms with Gasteiger partial charge < -0.3 is 4.57 Å². The first kappa shape index (κ1) is 14.3. The average molecular weight is 290 g/mol. The molecule has 0 amide bonds. The van der Waals surface area contributed by atoms with Crippen LogP contribution < -0.4 is 0 Å². The lowest BCUT2D eigenvalue weighted by atomic mass is 9.94. The molecule has 0 N–H and O–H groups in total. The lowest BCUT2D eigenvalue weighted by molar-refractivity contribution is 0.551. The van der Waals surface area contributed by atoms with Gasteiger partial charge in [-0.1, -0.05) is 19.1 Å². The molecule has 1 aliphatic rings. The van der Waals surface area contributed by atoms with Gasteiger partial charge in [-0.25, -0.2) is 4.98 Å². The van der Waals surface area contributed by atoms with Crippen molar-refractivity contribution in [1.29, 1.82) is 5.26 Å². The number of hydrogen-bond donors (Lipinski definition) is 0. The molecule has 0 aliphatic heterocycles. The number of imidazole rings is 1. The summed E-state index contributed by atoms with van der Waals surface area (Å²) in [7, 11) is 0. The minimum Gasteiger partial charge on any atom is -0.328 e. The van der Waals surface area contributed by atoms with Crippen LogP contribution in [0.15, 0.2) is 54.8 Å². The fourth-order valence-electron chi connectivity index (χ4n) is 2.79. The topological polar surface area (TPSA) is 54.5 Å². The zero-order valence-electron chi connectivity index (χ0n) is 12.6. The van der Waals surface area contributed by atoms with E-state index in [9.17, 15) is 0 Å². The minimum atomic E-state index is 0.224. The van der Waals surface area contributed by atoms with Crippen molar-refractivity contribution in [2.75, 3.05) is 0 Å². The van der Waals surface area contributed by atoms with Gasteiger partial charge in [-0.3, -0.25) is 4.98 Å². The van der Waals surface area contributed by atoms with E-state index in [1.54, 1.807) is 6.20 Å². The van der Waals surface area contributed by atoms with Crippen molar-refractivity contribution in [2.45, 2.75) is 32.2 Å². The van der Waals surface area contributed by atoms with E-state index >= 15 is 0 Å². The molecule has 2 aromatic heterocycles. The highest BCUT2D eigenvalue weighted by Crippen LogP contribution is 2.27. The molecule has 1 aliphatic carbocycles. The molecule has 1 atom stereocenters. The molecule has 4 heteroatoms. The molecule has 4 nitrogen and oxygen atoms in total. The van der Waals surface area contributed by atoms with Gasteiger partial charge in [0.25, 0.3) is 0 Å². The number of pyridine rings is 1. The Morgan fingerprint density at radius 1 is 1.32 bits per heavy atom. The molecule has 0 saturated heterocycles. The van der Waals surface area contributed by atoms with Crippen molar-refractivity contribution >= 4 is 5.57 Å². The van der Waals surface area contributed by atoms with Crippen LogP contribution in [-0.2, 0) is 0 Å². The number of nitriles is 1. The lowest BCUT2D eigenvalue weighted by Crippen LogP contribution is -2.09.